The molecule has 1 aromatic heterocycles. The second-order valence-corrected chi connectivity index (χ2v) is 4.64. The van der Waals surface area contributed by atoms with Crippen LogP contribution in [-0.4, -0.2) is 39.3 Å². The molecular weight excluding hydrogens is 242 g/mol. The van der Waals surface area contributed by atoms with Gasteiger partial charge in [-0.25, -0.2) is 4.98 Å². The Morgan fingerprint density at radius 2 is 2.29 bits per heavy atom. The maximum absolute atomic E-state index is 10.7. The van der Waals surface area contributed by atoms with Crippen molar-refractivity contribution in [3.63, 3.8) is 0 Å². The highest BCUT2D eigenvalue weighted by atomic mass is 32.2. The number of nitrogens with zero attached hydrogens (tertiary/aromatic N) is 1. The van der Waals surface area contributed by atoms with Crippen molar-refractivity contribution in [3.05, 3.63) is 23.9 Å². The maximum Gasteiger partial charge on any atom is 0.213 e. The van der Waals surface area contributed by atoms with Gasteiger partial charge in [-0.2, -0.15) is 0 Å². The zero-order chi connectivity index (χ0) is 12.8. The van der Waals surface area contributed by atoms with Gasteiger partial charge in [0.05, 0.1) is 13.2 Å². The standard InChI is InChI=1S/C11H15NO4S/c1-7(13)17-6-9(14)11(15)8-3-4-12-10(5-8)16-2/h3-5,9,11,14-15H,6H2,1-2H3. The number of carbonyl (C=O) groups excluding carboxylic acids is 1. The first kappa shape index (κ1) is 14.0. The summed E-state index contributed by atoms with van der Waals surface area (Å²) < 4.78 is 4.92. The lowest BCUT2D eigenvalue weighted by Gasteiger charge is -2.17. The van der Waals surface area contributed by atoms with Crippen LogP contribution < -0.4 is 4.74 Å². The molecule has 2 atom stereocenters. The number of hydrogen-bond donors (Lipinski definition) is 2. The smallest absolute Gasteiger partial charge is 0.213 e. The van der Waals surface area contributed by atoms with E-state index in [4.69, 9.17) is 4.74 Å². The van der Waals surface area contributed by atoms with Gasteiger partial charge in [-0.3, -0.25) is 4.79 Å². The van der Waals surface area contributed by atoms with Gasteiger partial charge in [-0.05, 0) is 11.6 Å². The van der Waals surface area contributed by atoms with Gasteiger partial charge in [0.15, 0.2) is 5.12 Å². The Labute approximate surface area is 104 Å². The van der Waals surface area contributed by atoms with Gasteiger partial charge in [0, 0.05) is 24.9 Å². The third-order valence-electron chi connectivity index (χ3n) is 2.13. The minimum atomic E-state index is -1.06. The lowest BCUT2D eigenvalue weighted by molar-refractivity contribution is -0.109. The van der Waals surface area contributed by atoms with Gasteiger partial charge in [-0.15, -0.1) is 0 Å². The number of thioether (sulfide) groups is 1. The van der Waals surface area contributed by atoms with E-state index in [9.17, 15) is 15.0 Å². The lowest BCUT2D eigenvalue weighted by Crippen LogP contribution is -2.21. The Balaban J connectivity index is 2.66. The third-order valence-corrected chi connectivity index (χ3v) is 3.05. The van der Waals surface area contributed by atoms with Crippen molar-refractivity contribution < 1.29 is 19.7 Å². The van der Waals surface area contributed by atoms with Gasteiger partial charge < -0.3 is 14.9 Å². The zero-order valence-electron chi connectivity index (χ0n) is 9.66. The van der Waals surface area contributed by atoms with Crippen molar-refractivity contribution in [1.82, 2.24) is 4.98 Å². The summed E-state index contributed by atoms with van der Waals surface area (Å²) in [5.74, 6) is 0.522. The molecule has 0 radical (unpaired) electrons. The van der Waals surface area contributed by atoms with Crippen molar-refractivity contribution in [2.45, 2.75) is 19.1 Å². The number of ether oxygens (including phenoxy) is 1. The molecule has 0 aliphatic heterocycles. The molecule has 17 heavy (non-hydrogen) atoms. The summed E-state index contributed by atoms with van der Waals surface area (Å²) in [7, 11) is 1.47. The van der Waals surface area contributed by atoms with E-state index in [0.29, 0.717) is 11.4 Å². The lowest BCUT2D eigenvalue weighted by atomic mass is 10.1. The Morgan fingerprint density at radius 1 is 1.59 bits per heavy atom. The van der Waals surface area contributed by atoms with E-state index in [1.807, 2.05) is 0 Å². The predicted molar refractivity (Wildman–Crippen MR) is 64.9 cm³/mol. The average molecular weight is 257 g/mol. The number of pyridine rings is 1. The van der Waals surface area contributed by atoms with Crippen molar-refractivity contribution in [3.8, 4) is 5.88 Å². The van der Waals surface area contributed by atoms with Crippen LogP contribution in [0.15, 0.2) is 18.3 Å². The molecule has 0 bridgehead atoms. The van der Waals surface area contributed by atoms with Crippen molar-refractivity contribution in [2.75, 3.05) is 12.9 Å². The molecule has 94 valence electrons. The minimum Gasteiger partial charge on any atom is -0.481 e. The van der Waals surface area contributed by atoms with E-state index in [1.165, 1.54) is 20.2 Å². The van der Waals surface area contributed by atoms with Crippen LogP contribution in [0.1, 0.15) is 18.6 Å². The summed E-state index contributed by atoms with van der Waals surface area (Å²) in [4.78, 5) is 14.6. The number of methoxy groups -OCH3 is 1. The molecular formula is C11H15NO4S. The van der Waals surface area contributed by atoms with E-state index in [1.54, 1.807) is 12.1 Å². The molecule has 0 fully saturated rings. The maximum atomic E-state index is 10.7. The molecule has 0 aromatic carbocycles. The number of carbonyl (C=O) groups is 1. The van der Waals surface area contributed by atoms with Crippen LogP contribution in [0.3, 0.4) is 0 Å². The van der Waals surface area contributed by atoms with Crippen LogP contribution in [0.25, 0.3) is 0 Å². The fourth-order valence-corrected chi connectivity index (χ4v) is 1.82. The van der Waals surface area contributed by atoms with E-state index in [-0.39, 0.29) is 10.9 Å². The average Bonchev–Trinajstić information content (AvgIpc) is 2.35. The van der Waals surface area contributed by atoms with Crippen LogP contribution in [0.4, 0.5) is 0 Å². The summed E-state index contributed by atoms with van der Waals surface area (Å²) in [5.41, 5.74) is 0.508. The Bertz CT molecular complexity index is 385. The Hall–Kier alpha value is -1.11. The number of aliphatic hydroxyl groups is 2. The van der Waals surface area contributed by atoms with Gasteiger partial charge >= 0.3 is 0 Å². The zero-order valence-corrected chi connectivity index (χ0v) is 10.5. The molecule has 0 spiro atoms. The molecule has 0 saturated carbocycles. The normalized spacial score (nSPS) is 14.1. The van der Waals surface area contributed by atoms with Crippen molar-refractivity contribution in [2.24, 2.45) is 0 Å². The van der Waals surface area contributed by atoms with Crippen LogP contribution in [0.5, 0.6) is 5.88 Å². The van der Waals surface area contributed by atoms with Crippen LogP contribution >= 0.6 is 11.8 Å². The molecule has 2 unspecified atom stereocenters. The monoisotopic (exact) mass is 257 g/mol. The molecule has 0 saturated heterocycles. The fraction of sp³-hybridized carbons (Fsp3) is 0.455. The fourth-order valence-electron chi connectivity index (χ4n) is 1.24. The first-order chi connectivity index (χ1) is 8.04. The molecule has 2 N–H and O–H groups in total. The first-order valence-corrected chi connectivity index (χ1v) is 6.02. The highest BCUT2D eigenvalue weighted by Gasteiger charge is 2.19. The highest BCUT2D eigenvalue weighted by molar-refractivity contribution is 8.13. The number of hydrogen-bond acceptors (Lipinski definition) is 6. The van der Waals surface area contributed by atoms with E-state index < -0.39 is 12.2 Å². The summed E-state index contributed by atoms with van der Waals surface area (Å²) in [5, 5.41) is 19.5. The van der Waals surface area contributed by atoms with Crippen LogP contribution in [0, 0.1) is 0 Å². The largest absolute Gasteiger partial charge is 0.481 e. The van der Waals surface area contributed by atoms with Crippen LogP contribution in [-0.2, 0) is 4.79 Å². The highest BCUT2D eigenvalue weighted by Crippen LogP contribution is 2.22. The third kappa shape index (κ3) is 4.33. The minimum absolute atomic E-state index is 0.0939. The topological polar surface area (TPSA) is 79.6 Å². The van der Waals surface area contributed by atoms with E-state index >= 15 is 0 Å². The number of aliphatic hydroxyl groups excluding tert-OH is 2. The molecule has 6 heteroatoms. The Kier molecular flexibility index (Phi) is 5.40. The predicted octanol–water partition coefficient (Wildman–Crippen LogP) is 0.764. The van der Waals surface area contributed by atoms with Gasteiger partial charge in [0.25, 0.3) is 0 Å². The molecule has 0 amide bonds. The molecule has 0 aliphatic carbocycles. The second-order valence-electron chi connectivity index (χ2n) is 3.45. The molecule has 5 nitrogen and oxygen atoms in total. The summed E-state index contributed by atoms with van der Waals surface area (Å²) in [6.07, 6.45) is -0.572. The van der Waals surface area contributed by atoms with E-state index in [2.05, 4.69) is 4.98 Å². The molecule has 0 aliphatic rings. The van der Waals surface area contributed by atoms with Gasteiger partial charge in [0.2, 0.25) is 5.88 Å². The quantitative estimate of drug-likeness (QED) is 0.811. The van der Waals surface area contributed by atoms with Gasteiger partial charge in [0.1, 0.15) is 6.10 Å². The molecule has 1 rings (SSSR count). The second kappa shape index (κ2) is 6.58. The van der Waals surface area contributed by atoms with Gasteiger partial charge in [-0.1, -0.05) is 11.8 Å². The molecule has 1 heterocycles. The van der Waals surface area contributed by atoms with E-state index in [0.717, 1.165) is 11.8 Å². The number of rotatable bonds is 5. The SMILES string of the molecule is COc1cc(C(O)C(O)CSC(C)=O)ccn1. The van der Waals surface area contributed by atoms with Crippen molar-refractivity contribution >= 4 is 16.9 Å². The van der Waals surface area contributed by atoms with Crippen LogP contribution in [0.2, 0.25) is 0 Å². The molecule has 1 aromatic rings. The summed E-state index contributed by atoms with van der Waals surface area (Å²) >= 11 is 0.977. The summed E-state index contributed by atoms with van der Waals surface area (Å²) in [6, 6.07) is 3.14. The number of aromatic nitrogens is 1. The van der Waals surface area contributed by atoms with Crippen molar-refractivity contribution in [1.29, 1.82) is 0 Å². The first-order valence-electron chi connectivity index (χ1n) is 5.04. The summed E-state index contributed by atoms with van der Waals surface area (Å²) in [6.45, 7) is 1.42. The Morgan fingerprint density at radius 3 is 2.88 bits per heavy atom.